The van der Waals surface area contributed by atoms with Gasteiger partial charge in [-0.2, -0.15) is 15.2 Å². The van der Waals surface area contributed by atoms with Gasteiger partial charge in [0.1, 0.15) is 24.1 Å². The van der Waals surface area contributed by atoms with E-state index in [0.717, 1.165) is 28.2 Å². The molecular weight excluding hydrogens is 354 g/mol. The fraction of sp³-hybridized carbons (Fsp3) is 0.353. The topological polar surface area (TPSA) is 106 Å². The van der Waals surface area contributed by atoms with E-state index in [1.165, 1.54) is 6.92 Å². The lowest BCUT2D eigenvalue weighted by Gasteiger charge is -2.07. The molecule has 0 spiro atoms. The molecule has 0 aliphatic carbocycles. The monoisotopic (exact) mass is 376 g/mol. The van der Waals surface area contributed by atoms with Crippen molar-refractivity contribution in [3.63, 3.8) is 0 Å². The van der Waals surface area contributed by atoms with Crippen molar-refractivity contribution in [3.8, 4) is 11.3 Å². The quantitative estimate of drug-likeness (QED) is 0.675. The van der Waals surface area contributed by atoms with E-state index in [1.54, 1.807) is 18.6 Å². The van der Waals surface area contributed by atoms with Crippen molar-refractivity contribution in [2.45, 2.75) is 20.0 Å². The Morgan fingerprint density at radius 3 is 2.56 bits per heavy atom. The number of nitrogens with two attached hydrogens (primary N) is 1. The molecule has 0 radical (unpaired) electrons. The van der Waals surface area contributed by atoms with Crippen LogP contribution in [0.4, 0.5) is 26.2 Å². The van der Waals surface area contributed by atoms with Gasteiger partial charge in [0.25, 0.3) is 0 Å². The molecule has 0 bridgehead atoms. The van der Waals surface area contributed by atoms with E-state index >= 15 is 0 Å². The number of azo groups is 1. The molecule has 0 aliphatic heterocycles. The van der Waals surface area contributed by atoms with Crippen LogP contribution in [0.5, 0.6) is 0 Å². The van der Waals surface area contributed by atoms with E-state index in [1.807, 2.05) is 31.3 Å². The second kappa shape index (κ2) is 8.97. The number of alkyl halides is 2. The Kier molecular flexibility index (Phi) is 6.69. The van der Waals surface area contributed by atoms with Crippen molar-refractivity contribution in [1.82, 2.24) is 19.6 Å². The average Bonchev–Trinajstić information content (AvgIpc) is 3.07. The zero-order valence-corrected chi connectivity index (χ0v) is 15.6. The minimum Gasteiger partial charge on any atom is -0.371 e. The van der Waals surface area contributed by atoms with Crippen molar-refractivity contribution >= 4 is 23.0 Å². The van der Waals surface area contributed by atoms with Crippen molar-refractivity contribution in [2.24, 2.45) is 10.2 Å². The number of aromatic nitrogens is 4. The van der Waals surface area contributed by atoms with Gasteiger partial charge in [-0.3, -0.25) is 4.98 Å². The third-order valence-electron chi connectivity index (χ3n) is 3.52. The van der Waals surface area contributed by atoms with Crippen LogP contribution in [0.15, 0.2) is 34.6 Å². The number of hydrogen-bond donors (Lipinski definition) is 2. The van der Waals surface area contributed by atoms with Crippen LogP contribution in [-0.4, -0.2) is 46.5 Å². The van der Waals surface area contributed by atoms with Crippen molar-refractivity contribution < 1.29 is 8.78 Å². The fourth-order valence-electron chi connectivity index (χ4n) is 2.34. The van der Waals surface area contributed by atoms with Crippen molar-refractivity contribution in [3.05, 3.63) is 30.1 Å². The zero-order valence-electron chi connectivity index (χ0n) is 15.6. The molecule has 0 saturated heterocycles. The van der Waals surface area contributed by atoms with Gasteiger partial charge in [-0.15, -0.1) is 5.10 Å². The highest BCUT2D eigenvalue weighted by Gasteiger charge is 2.14. The molecule has 144 valence electrons. The molecule has 8 nitrogen and oxygen atoms in total. The zero-order chi connectivity index (χ0) is 20.0. The summed E-state index contributed by atoms with van der Waals surface area (Å²) in [6.45, 7) is 2.22. The summed E-state index contributed by atoms with van der Waals surface area (Å²) in [4.78, 5) is 8.82. The summed E-state index contributed by atoms with van der Waals surface area (Å²) in [5.41, 5.74) is 9.84. The molecule has 3 heterocycles. The van der Waals surface area contributed by atoms with E-state index in [-0.39, 0.29) is 5.95 Å². The summed E-state index contributed by atoms with van der Waals surface area (Å²) < 4.78 is 23.5. The molecule has 1 unspecified atom stereocenters. The van der Waals surface area contributed by atoms with E-state index in [9.17, 15) is 8.78 Å². The predicted octanol–water partition coefficient (Wildman–Crippen LogP) is 3.75. The van der Waals surface area contributed by atoms with Gasteiger partial charge in [0.15, 0.2) is 5.82 Å². The van der Waals surface area contributed by atoms with Gasteiger partial charge >= 0.3 is 0 Å². The van der Waals surface area contributed by atoms with Crippen LogP contribution in [0.1, 0.15) is 12.6 Å². The molecule has 0 fully saturated rings. The first kappa shape index (κ1) is 20.1. The number of rotatable bonds is 4. The molecule has 3 aromatic heterocycles. The predicted molar refractivity (Wildman–Crippen MR) is 102 cm³/mol. The fourth-order valence-corrected chi connectivity index (χ4v) is 2.34. The summed E-state index contributed by atoms with van der Waals surface area (Å²) in [7, 11) is 3.43. The van der Waals surface area contributed by atoms with E-state index in [4.69, 9.17) is 5.73 Å². The van der Waals surface area contributed by atoms with E-state index in [2.05, 4.69) is 30.6 Å². The van der Waals surface area contributed by atoms with E-state index < -0.39 is 12.8 Å². The maximum Gasteiger partial charge on any atom is 0.240 e. The molecule has 10 heteroatoms. The first-order valence-electron chi connectivity index (χ1n) is 8.21. The summed E-state index contributed by atoms with van der Waals surface area (Å²) >= 11 is 0. The highest BCUT2D eigenvalue weighted by atomic mass is 19.2. The number of halogens is 2. The molecule has 0 amide bonds. The number of nitrogens with zero attached hydrogens (tertiary/aromatic N) is 6. The number of pyridine rings is 1. The lowest BCUT2D eigenvalue weighted by atomic mass is 10.1. The van der Waals surface area contributed by atoms with Gasteiger partial charge in [0.05, 0.1) is 11.4 Å². The van der Waals surface area contributed by atoms with Gasteiger partial charge in [-0.05, 0) is 32.0 Å². The number of anilines is 2. The number of hydrogen-bond acceptors (Lipinski definition) is 7. The van der Waals surface area contributed by atoms with Crippen LogP contribution in [0.3, 0.4) is 0 Å². The molecule has 0 aliphatic rings. The number of aryl methyl sites for hydroxylation is 1. The standard InChI is InChI=1S/C14H16N8.C3H6F2/c1-8-10(20-17-3)4-5-11(18-8)9-6-7-22-12(9)13(16-2)19-14(15)21-22;1-3(5)2-4/h4-7H,1-3H3,(H3,15,16,19,21);3H,2H2,1H3. The van der Waals surface area contributed by atoms with Crippen molar-refractivity contribution in [1.29, 1.82) is 0 Å². The summed E-state index contributed by atoms with van der Waals surface area (Å²) in [6.07, 6.45) is 0.551. The minimum atomic E-state index is -1.28. The summed E-state index contributed by atoms with van der Waals surface area (Å²) in [6, 6.07) is 5.74. The Morgan fingerprint density at radius 1 is 1.30 bits per heavy atom. The minimum absolute atomic E-state index is 0.210. The molecule has 0 aromatic carbocycles. The number of nitrogen functional groups attached to an aromatic ring is 1. The highest BCUT2D eigenvalue weighted by Crippen LogP contribution is 2.30. The number of nitrogens with one attached hydrogen (secondary N) is 1. The third-order valence-corrected chi connectivity index (χ3v) is 3.52. The first-order chi connectivity index (χ1) is 12.9. The molecular formula is C17H22F2N8. The van der Waals surface area contributed by atoms with Crippen LogP contribution < -0.4 is 11.1 Å². The normalized spacial score (nSPS) is 12.1. The van der Waals surface area contributed by atoms with Gasteiger partial charge < -0.3 is 11.1 Å². The maximum atomic E-state index is 11.1. The first-order valence-corrected chi connectivity index (χ1v) is 8.21. The lowest BCUT2D eigenvalue weighted by molar-refractivity contribution is 0.281. The Hall–Kier alpha value is -3.17. The SMILES string of the molecule is CC(F)CF.CN=Nc1ccc(-c2ccn3nc(N)nc(NC)c23)nc1C. The van der Waals surface area contributed by atoms with Crippen LogP contribution in [0.2, 0.25) is 0 Å². The van der Waals surface area contributed by atoms with Gasteiger partial charge in [-0.1, -0.05) is 0 Å². The molecule has 27 heavy (non-hydrogen) atoms. The van der Waals surface area contributed by atoms with Crippen LogP contribution in [0, 0.1) is 6.92 Å². The smallest absolute Gasteiger partial charge is 0.240 e. The van der Waals surface area contributed by atoms with Crippen LogP contribution in [-0.2, 0) is 0 Å². The highest BCUT2D eigenvalue weighted by molar-refractivity contribution is 5.87. The van der Waals surface area contributed by atoms with Gasteiger partial charge in [0.2, 0.25) is 5.95 Å². The Labute approximate surface area is 155 Å². The second-order valence-corrected chi connectivity index (χ2v) is 5.63. The molecule has 1 atom stereocenters. The summed E-state index contributed by atoms with van der Waals surface area (Å²) in [5, 5.41) is 15.0. The molecule has 3 N–H and O–H groups in total. The van der Waals surface area contributed by atoms with Crippen molar-refractivity contribution in [2.75, 3.05) is 31.8 Å². The Balaban J connectivity index is 0.000000465. The lowest BCUT2D eigenvalue weighted by Crippen LogP contribution is -2.05. The summed E-state index contributed by atoms with van der Waals surface area (Å²) in [5.74, 6) is 0.867. The Morgan fingerprint density at radius 2 is 2.00 bits per heavy atom. The molecule has 3 aromatic rings. The van der Waals surface area contributed by atoms with Crippen LogP contribution >= 0.6 is 0 Å². The van der Waals surface area contributed by atoms with Gasteiger partial charge in [0, 0.05) is 25.9 Å². The average molecular weight is 376 g/mol. The van der Waals surface area contributed by atoms with Crippen LogP contribution in [0.25, 0.3) is 16.8 Å². The number of fused-ring (bicyclic) bond motifs is 1. The maximum absolute atomic E-state index is 11.1. The third kappa shape index (κ3) is 4.72. The Bertz CT molecular complexity index is 936. The molecule has 0 saturated carbocycles. The van der Waals surface area contributed by atoms with E-state index in [0.29, 0.717) is 5.82 Å². The largest absolute Gasteiger partial charge is 0.371 e. The second-order valence-electron chi connectivity index (χ2n) is 5.63. The molecule has 3 rings (SSSR count). The van der Waals surface area contributed by atoms with Gasteiger partial charge in [-0.25, -0.2) is 13.3 Å².